The van der Waals surface area contributed by atoms with Gasteiger partial charge in [-0.15, -0.1) is 12.4 Å². The Balaban J connectivity index is 0.00000162. The largest absolute Gasteiger partial charge is 0.397 e. The van der Waals surface area contributed by atoms with E-state index in [0.29, 0.717) is 17.9 Å². The van der Waals surface area contributed by atoms with Crippen LogP contribution in [0.2, 0.25) is 0 Å². The molecule has 0 spiro atoms. The molecule has 2 rings (SSSR count). The molecule has 3 N–H and O–H groups in total. The van der Waals surface area contributed by atoms with E-state index in [2.05, 4.69) is 10.3 Å². The van der Waals surface area contributed by atoms with Gasteiger partial charge in [0.1, 0.15) is 5.69 Å². The lowest BCUT2D eigenvalue weighted by Crippen LogP contribution is -2.35. The van der Waals surface area contributed by atoms with E-state index >= 15 is 0 Å². The van der Waals surface area contributed by atoms with Crippen LogP contribution in [0.25, 0.3) is 0 Å². The molecule has 0 aromatic carbocycles. The Morgan fingerprint density at radius 1 is 1.50 bits per heavy atom. The van der Waals surface area contributed by atoms with Gasteiger partial charge in [-0.25, -0.2) is 4.98 Å². The number of rotatable bonds is 3. The summed E-state index contributed by atoms with van der Waals surface area (Å²) in [6.45, 7) is 1.34. The minimum Gasteiger partial charge on any atom is -0.397 e. The van der Waals surface area contributed by atoms with E-state index in [-0.39, 0.29) is 24.4 Å². The third-order valence-corrected chi connectivity index (χ3v) is 2.78. The second kappa shape index (κ2) is 7.18. The Hall–Kier alpha value is -1.33. The van der Waals surface area contributed by atoms with E-state index in [4.69, 9.17) is 10.5 Å². The fraction of sp³-hybridized carbons (Fsp3) is 0.500. The zero-order valence-electron chi connectivity index (χ0n) is 10.1. The summed E-state index contributed by atoms with van der Waals surface area (Å²) in [5.74, 6) is -0.181. The lowest BCUT2D eigenvalue weighted by molar-refractivity contribution is 0.0168. The maximum atomic E-state index is 11.7. The summed E-state index contributed by atoms with van der Waals surface area (Å²) in [7, 11) is 0. The van der Waals surface area contributed by atoms with Gasteiger partial charge >= 0.3 is 0 Å². The molecule has 6 heteroatoms. The summed E-state index contributed by atoms with van der Waals surface area (Å²) in [4.78, 5) is 15.7. The molecule has 1 aliphatic heterocycles. The minimum atomic E-state index is -0.181. The molecule has 2 heterocycles. The SMILES string of the molecule is Cl.Nc1ccc(C(=O)NCC2CCCCO2)nc1. The van der Waals surface area contributed by atoms with E-state index in [9.17, 15) is 4.79 Å². The molecule has 100 valence electrons. The number of nitrogen functional groups attached to an aromatic ring is 1. The van der Waals surface area contributed by atoms with Crippen LogP contribution in [-0.2, 0) is 4.74 Å². The van der Waals surface area contributed by atoms with Crippen molar-refractivity contribution in [3.63, 3.8) is 0 Å². The van der Waals surface area contributed by atoms with E-state index in [1.165, 1.54) is 12.6 Å². The number of aromatic nitrogens is 1. The summed E-state index contributed by atoms with van der Waals surface area (Å²) in [5.41, 5.74) is 6.44. The van der Waals surface area contributed by atoms with Gasteiger partial charge in [0.15, 0.2) is 0 Å². The third kappa shape index (κ3) is 4.16. The monoisotopic (exact) mass is 271 g/mol. The number of ether oxygens (including phenoxy) is 1. The summed E-state index contributed by atoms with van der Waals surface area (Å²) in [5, 5.41) is 2.82. The molecule has 1 aromatic rings. The van der Waals surface area contributed by atoms with Crippen molar-refractivity contribution in [1.82, 2.24) is 10.3 Å². The van der Waals surface area contributed by atoms with Gasteiger partial charge in [0.25, 0.3) is 5.91 Å². The molecule has 1 saturated heterocycles. The number of nitrogens with one attached hydrogen (secondary N) is 1. The van der Waals surface area contributed by atoms with E-state index < -0.39 is 0 Å². The van der Waals surface area contributed by atoms with Crippen LogP contribution in [0.5, 0.6) is 0 Å². The lowest BCUT2D eigenvalue weighted by Gasteiger charge is -2.22. The number of nitrogens with zero attached hydrogens (tertiary/aromatic N) is 1. The molecule has 5 nitrogen and oxygen atoms in total. The maximum absolute atomic E-state index is 11.7. The second-order valence-electron chi connectivity index (χ2n) is 4.18. The van der Waals surface area contributed by atoms with Crippen LogP contribution in [0, 0.1) is 0 Å². The molecule has 18 heavy (non-hydrogen) atoms. The fourth-order valence-corrected chi connectivity index (χ4v) is 1.81. The van der Waals surface area contributed by atoms with Gasteiger partial charge in [0, 0.05) is 13.2 Å². The number of hydrogen-bond donors (Lipinski definition) is 2. The normalized spacial score (nSPS) is 18.8. The predicted octanol–water partition coefficient (Wildman–Crippen LogP) is 1.38. The van der Waals surface area contributed by atoms with Gasteiger partial charge in [0.05, 0.1) is 18.0 Å². The Morgan fingerprint density at radius 3 is 2.94 bits per heavy atom. The van der Waals surface area contributed by atoms with Gasteiger partial charge in [-0.1, -0.05) is 0 Å². The van der Waals surface area contributed by atoms with Gasteiger partial charge in [-0.3, -0.25) is 4.79 Å². The van der Waals surface area contributed by atoms with Gasteiger partial charge in [0.2, 0.25) is 0 Å². The van der Waals surface area contributed by atoms with Crippen LogP contribution >= 0.6 is 12.4 Å². The van der Waals surface area contributed by atoms with Crippen molar-refractivity contribution in [3.05, 3.63) is 24.0 Å². The van der Waals surface area contributed by atoms with Crippen molar-refractivity contribution < 1.29 is 9.53 Å². The molecule has 1 atom stereocenters. The van der Waals surface area contributed by atoms with Crippen LogP contribution < -0.4 is 11.1 Å². The zero-order valence-corrected chi connectivity index (χ0v) is 10.9. The average molecular weight is 272 g/mol. The Labute approximate surface area is 113 Å². The average Bonchev–Trinajstić information content (AvgIpc) is 2.38. The summed E-state index contributed by atoms with van der Waals surface area (Å²) in [6, 6.07) is 3.28. The van der Waals surface area contributed by atoms with Crippen LogP contribution in [0.3, 0.4) is 0 Å². The lowest BCUT2D eigenvalue weighted by atomic mass is 10.1. The topological polar surface area (TPSA) is 77.2 Å². The van der Waals surface area contributed by atoms with Crippen LogP contribution in [0.15, 0.2) is 18.3 Å². The molecule has 0 radical (unpaired) electrons. The highest BCUT2D eigenvalue weighted by Gasteiger charge is 2.15. The van der Waals surface area contributed by atoms with Crippen molar-refractivity contribution in [1.29, 1.82) is 0 Å². The number of hydrogen-bond acceptors (Lipinski definition) is 4. The molecular formula is C12H18ClN3O2. The van der Waals surface area contributed by atoms with Gasteiger partial charge < -0.3 is 15.8 Å². The molecule has 1 aliphatic rings. The zero-order chi connectivity index (χ0) is 12.1. The van der Waals surface area contributed by atoms with Crippen LogP contribution in [0.1, 0.15) is 29.8 Å². The van der Waals surface area contributed by atoms with Gasteiger partial charge in [-0.2, -0.15) is 0 Å². The van der Waals surface area contributed by atoms with E-state index in [1.807, 2.05) is 0 Å². The third-order valence-electron chi connectivity index (χ3n) is 2.78. The number of amides is 1. The summed E-state index contributed by atoms with van der Waals surface area (Å²) < 4.78 is 5.53. The first-order valence-electron chi connectivity index (χ1n) is 5.87. The Morgan fingerprint density at radius 2 is 2.33 bits per heavy atom. The highest BCUT2D eigenvalue weighted by Crippen LogP contribution is 2.11. The van der Waals surface area contributed by atoms with Crippen molar-refractivity contribution >= 4 is 24.0 Å². The first-order chi connectivity index (χ1) is 8.25. The molecular weight excluding hydrogens is 254 g/mol. The van der Waals surface area contributed by atoms with E-state index in [0.717, 1.165) is 19.4 Å². The number of carbonyl (C=O) groups is 1. The van der Waals surface area contributed by atoms with Crippen LogP contribution in [-0.4, -0.2) is 30.1 Å². The molecule has 1 aromatic heterocycles. The van der Waals surface area contributed by atoms with Crippen LogP contribution in [0.4, 0.5) is 5.69 Å². The number of anilines is 1. The minimum absolute atomic E-state index is 0. The van der Waals surface area contributed by atoms with Gasteiger partial charge in [-0.05, 0) is 31.4 Å². The Bertz CT molecular complexity index is 377. The molecule has 0 aliphatic carbocycles. The first-order valence-corrected chi connectivity index (χ1v) is 5.87. The van der Waals surface area contributed by atoms with Crippen molar-refractivity contribution in [2.75, 3.05) is 18.9 Å². The van der Waals surface area contributed by atoms with Crippen molar-refractivity contribution in [3.8, 4) is 0 Å². The highest BCUT2D eigenvalue weighted by atomic mass is 35.5. The summed E-state index contributed by atoms with van der Waals surface area (Å²) in [6.07, 6.45) is 4.91. The number of halogens is 1. The molecule has 0 bridgehead atoms. The maximum Gasteiger partial charge on any atom is 0.269 e. The first kappa shape index (κ1) is 14.7. The van der Waals surface area contributed by atoms with E-state index in [1.54, 1.807) is 12.1 Å². The standard InChI is InChI=1S/C12H17N3O2.ClH/c13-9-4-5-11(14-7-9)12(16)15-8-10-3-1-2-6-17-10;/h4-5,7,10H,1-3,6,8,13H2,(H,15,16);1H. The second-order valence-corrected chi connectivity index (χ2v) is 4.18. The number of carbonyl (C=O) groups excluding carboxylic acids is 1. The highest BCUT2D eigenvalue weighted by molar-refractivity contribution is 5.92. The molecule has 0 saturated carbocycles. The number of pyridine rings is 1. The van der Waals surface area contributed by atoms with Crippen molar-refractivity contribution in [2.45, 2.75) is 25.4 Å². The summed E-state index contributed by atoms with van der Waals surface area (Å²) >= 11 is 0. The molecule has 1 amide bonds. The van der Waals surface area contributed by atoms with Crippen molar-refractivity contribution in [2.24, 2.45) is 0 Å². The smallest absolute Gasteiger partial charge is 0.269 e. The fourth-order valence-electron chi connectivity index (χ4n) is 1.81. The molecule has 1 fully saturated rings. The predicted molar refractivity (Wildman–Crippen MR) is 71.8 cm³/mol. The Kier molecular flexibility index (Phi) is 5.88. The quantitative estimate of drug-likeness (QED) is 0.871. The molecule has 1 unspecified atom stereocenters. The number of nitrogens with two attached hydrogens (primary N) is 1.